The summed E-state index contributed by atoms with van der Waals surface area (Å²) in [7, 11) is 0. The first kappa shape index (κ1) is 11.5. The Bertz CT molecular complexity index is 547. The Hall–Kier alpha value is -0.640. The van der Waals surface area contributed by atoms with Gasteiger partial charge in [-0.1, -0.05) is 35.0 Å². The van der Waals surface area contributed by atoms with Crippen molar-refractivity contribution in [1.82, 2.24) is 5.32 Å². The zero-order valence-electron chi connectivity index (χ0n) is 9.66. The molecule has 2 heterocycles. The molecule has 1 atom stereocenters. The Labute approximate surface area is 114 Å². The smallest absolute Gasteiger partial charge is 0.0349 e. The van der Waals surface area contributed by atoms with E-state index in [1.165, 1.54) is 16.0 Å². The van der Waals surface area contributed by atoms with Crippen LogP contribution in [-0.4, -0.2) is 6.54 Å². The van der Waals surface area contributed by atoms with Crippen molar-refractivity contribution >= 4 is 27.3 Å². The number of halogens is 1. The second-order valence-corrected chi connectivity index (χ2v) is 6.54. The quantitative estimate of drug-likeness (QED) is 0.824. The van der Waals surface area contributed by atoms with Gasteiger partial charge in [0.25, 0.3) is 0 Å². The fraction of sp³-hybridized carbons (Fsp3) is 0.286. The van der Waals surface area contributed by atoms with Crippen LogP contribution in [0.1, 0.15) is 23.3 Å². The minimum absolute atomic E-state index is 0.643. The van der Waals surface area contributed by atoms with Gasteiger partial charge in [0.2, 0.25) is 0 Å². The highest BCUT2D eigenvalue weighted by Gasteiger charge is 2.19. The second kappa shape index (κ2) is 4.56. The molecule has 1 aliphatic rings. The van der Waals surface area contributed by atoms with Crippen LogP contribution in [0.3, 0.4) is 0 Å². The largest absolute Gasteiger partial charge is 0.312 e. The second-order valence-electron chi connectivity index (χ2n) is 4.54. The highest BCUT2D eigenvalue weighted by atomic mass is 79.9. The van der Waals surface area contributed by atoms with Crippen LogP contribution < -0.4 is 5.32 Å². The molecule has 0 bridgehead atoms. The van der Waals surface area contributed by atoms with Gasteiger partial charge in [0.1, 0.15) is 0 Å². The summed E-state index contributed by atoms with van der Waals surface area (Å²) in [5, 5.41) is 3.46. The SMILES string of the molecule is CC1CNCc2cc(-c3cccc(Br)c3)sc21. The van der Waals surface area contributed by atoms with Crippen LogP contribution in [0, 0.1) is 0 Å². The van der Waals surface area contributed by atoms with Crippen molar-refractivity contribution < 1.29 is 0 Å². The van der Waals surface area contributed by atoms with Crippen molar-refractivity contribution in [3.05, 3.63) is 45.2 Å². The van der Waals surface area contributed by atoms with Crippen molar-refractivity contribution in [3.8, 4) is 10.4 Å². The first-order valence-corrected chi connectivity index (χ1v) is 7.44. The first-order chi connectivity index (χ1) is 8.24. The molecule has 0 fully saturated rings. The highest BCUT2D eigenvalue weighted by Crippen LogP contribution is 2.37. The van der Waals surface area contributed by atoms with E-state index in [0.717, 1.165) is 17.6 Å². The fourth-order valence-corrected chi connectivity index (χ4v) is 3.93. The monoisotopic (exact) mass is 307 g/mol. The van der Waals surface area contributed by atoms with E-state index in [-0.39, 0.29) is 0 Å². The molecule has 1 unspecified atom stereocenters. The topological polar surface area (TPSA) is 12.0 Å². The third kappa shape index (κ3) is 2.19. The molecule has 1 aromatic carbocycles. The highest BCUT2D eigenvalue weighted by molar-refractivity contribution is 9.10. The summed E-state index contributed by atoms with van der Waals surface area (Å²) in [4.78, 5) is 2.94. The molecule has 3 rings (SSSR count). The predicted octanol–water partition coefficient (Wildman–Crippen LogP) is 4.38. The number of thiophene rings is 1. The molecule has 17 heavy (non-hydrogen) atoms. The lowest BCUT2D eigenvalue weighted by molar-refractivity contribution is 0.581. The maximum absolute atomic E-state index is 3.54. The van der Waals surface area contributed by atoms with Crippen LogP contribution in [0.5, 0.6) is 0 Å². The number of nitrogens with one attached hydrogen (secondary N) is 1. The molecule has 0 aliphatic carbocycles. The van der Waals surface area contributed by atoms with Crippen LogP contribution in [0.4, 0.5) is 0 Å². The van der Waals surface area contributed by atoms with E-state index in [2.05, 4.69) is 58.5 Å². The van der Waals surface area contributed by atoms with Gasteiger partial charge in [-0.05, 0) is 29.3 Å². The molecule has 1 aromatic heterocycles. The summed E-state index contributed by atoms with van der Waals surface area (Å²) >= 11 is 5.48. The lowest BCUT2D eigenvalue weighted by atomic mass is 10.0. The summed E-state index contributed by atoms with van der Waals surface area (Å²) in [5.41, 5.74) is 2.79. The van der Waals surface area contributed by atoms with E-state index >= 15 is 0 Å². The first-order valence-electron chi connectivity index (χ1n) is 5.83. The zero-order valence-corrected chi connectivity index (χ0v) is 12.1. The minimum atomic E-state index is 0.643. The summed E-state index contributed by atoms with van der Waals surface area (Å²) < 4.78 is 1.15. The molecular weight excluding hydrogens is 294 g/mol. The van der Waals surface area contributed by atoms with E-state index < -0.39 is 0 Å². The molecule has 0 saturated heterocycles. The van der Waals surface area contributed by atoms with E-state index in [1.807, 2.05) is 11.3 Å². The van der Waals surface area contributed by atoms with Crippen molar-refractivity contribution in [1.29, 1.82) is 0 Å². The molecule has 1 nitrogen and oxygen atoms in total. The Morgan fingerprint density at radius 3 is 3.00 bits per heavy atom. The summed E-state index contributed by atoms with van der Waals surface area (Å²) in [6, 6.07) is 10.9. The summed E-state index contributed by atoms with van der Waals surface area (Å²) in [6.07, 6.45) is 0. The van der Waals surface area contributed by atoms with Crippen molar-refractivity contribution in [2.75, 3.05) is 6.54 Å². The number of rotatable bonds is 1. The Morgan fingerprint density at radius 2 is 2.24 bits per heavy atom. The van der Waals surface area contributed by atoms with E-state index in [0.29, 0.717) is 5.92 Å². The van der Waals surface area contributed by atoms with Crippen LogP contribution in [0.25, 0.3) is 10.4 Å². The van der Waals surface area contributed by atoms with Gasteiger partial charge in [0.15, 0.2) is 0 Å². The van der Waals surface area contributed by atoms with E-state index in [9.17, 15) is 0 Å². The lowest BCUT2D eigenvalue weighted by Gasteiger charge is -2.18. The average Bonchev–Trinajstić information content (AvgIpc) is 2.74. The third-order valence-corrected chi connectivity index (χ3v) is 5.12. The summed E-state index contributed by atoms with van der Waals surface area (Å²) in [5.74, 6) is 0.643. The molecular formula is C14H14BrNS. The van der Waals surface area contributed by atoms with Crippen LogP contribution in [0.15, 0.2) is 34.8 Å². The molecule has 3 heteroatoms. The summed E-state index contributed by atoms with van der Waals surface area (Å²) in [6.45, 7) is 4.42. The fourth-order valence-electron chi connectivity index (χ4n) is 2.30. The van der Waals surface area contributed by atoms with Gasteiger partial charge >= 0.3 is 0 Å². The van der Waals surface area contributed by atoms with E-state index in [1.54, 1.807) is 4.88 Å². The molecule has 2 aromatic rings. The number of fused-ring (bicyclic) bond motifs is 1. The average molecular weight is 308 g/mol. The number of benzene rings is 1. The predicted molar refractivity (Wildman–Crippen MR) is 77.6 cm³/mol. The van der Waals surface area contributed by atoms with Gasteiger partial charge in [-0.3, -0.25) is 0 Å². The van der Waals surface area contributed by atoms with Gasteiger partial charge in [0.05, 0.1) is 0 Å². The van der Waals surface area contributed by atoms with Gasteiger partial charge in [-0.2, -0.15) is 0 Å². The molecule has 0 saturated carbocycles. The maximum atomic E-state index is 3.54. The molecule has 0 amide bonds. The van der Waals surface area contributed by atoms with Crippen LogP contribution in [-0.2, 0) is 6.54 Å². The standard InChI is InChI=1S/C14H14BrNS/c1-9-7-16-8-11-6-13(17-14(9)11)10-3-2-4-12(15)5-10/h2-6,9,16H,7-8H2,1H3. The Balaban J connectivity index is 2.05. The van der Waals surface area contributed by atoms with Crippen LogP contribution >= 0.6 is 27.3 Å². The Kier molecular flexibility index (Phi) is 3.07. The number of hydrogen-bond acceptors (Lipinski definition) is 2. The van der Waals surface area contributed by atoms with Crippen LogP contribution in [0.2, 0.25) is 0 Å². The normalized spacial score (nSPS) is 19.1. The molecule has 0 spiro atoms. The van der Waals surface area contributed by atoms with Crippen molar-refractivity contribution in [3.63, 3.8) is 0 Å². The number of hydrogen-bond donors (Lipinski definition) is 1. The molecule has 88 valence electrons. The minimum Gasteiger partial charge on any atom is -0.312 e. The molecule has 1 N–H and O–H groups in total. The van der Waals surface area contributed by atoms with Crippen molar-refractivity contribution in [2.45, 2.75) is 19.4 Å². The third-order valence-electron chi connectivity index (χ3n) is 3.16. The molecule has 0 radical (unpaired) electrons. The van der Waals surface area contributed by atoms with Gasteiger partial charge in [-0.25, -0.2) is 0 Å². The van der Waals surface area contributed by atoms with Gasteiger partial charge in [-0.15, -0.1) is 11.3 Å². The Morgan fingerprint density at radius 1 is 1.35 bits per heavy atom. The van der Waals surface area contributed by atoms with Gasteiger partial charge < -0.3 is 5.32 Å². The van der Waals surface area contributed by atoms with Crippen molar-refractivity contribution in [2.24, 2.45) is 0 Å². The lowest BCUT2D eigenvalue weighted by Crippen LogP contribution is -2.24. The van der Waals surface area contributed by atoms with Gasteiger partial charge in [0, 0.05) is 33.2 Å². The zero-order chi connectivity index (χ0) is 11.8. The molecule has 1 aliphatic heterocycles. The maximum Gasteiger partial charge on any atom is 0.0349 e. The van der Waals surface area contributed by atoms with E-state index in [4.69, 9.17) is 0 Å².